The first-order valence-corrected chi connectivity index (χ1v) is 3.99. The van der Waals surface area contributed by atoms with Crippen LogP contribution in [-0.4, -0.2) is 54.6 Å². The molecule has 0 amide bonds. The second-order valence-corrected chi connectivity index (χ2v) is 3.38. The summed E-state index contributed by atoms with van der Waals surface area (Å²) in [5.74, 6) is 0. The third-order valence-electron chi connectivity index (χ3n) is 2.79. The summed E-state index contributed by atoms with van der Waals surface area (Å²) in [6.07, 6.45) is -1.61. The van der Waals surface area contributed by atoms with E-state index in [4.69, 9.17) is 22.4 Å². The van der Waals surface area contributed by atoms with Gasteiger partial charge in [0.05, 0.1) is 12.7 Å². The summed E-state index contributed by atoms with van der Waals surface area (Å²) < 4.78 is 10.6. The molecule has 0 aromatic carbocycles. The van der Waals surface area contributed by atoms with Gasteiger partial charge in [-0.25, -0.2) is 0 Å². The van der Waals surface area contributed by atoms with Gasteiger partial charge in [0.1, 0.15) is 25.7 Å². The maximum atomic E-state index is 9.63. The first-order valence-electron chi connectivity index (χ1n) is 3.99. The van der Waals surface area contributed by atoms with Crippen molar-refractivity contribution in [2.75, 3.05) is 6.61 Å². The third kappa shape index (κ3) is 0.772. The summed E-state index contributed by atoms with van der Waals surface area (Å²) in [6.45, 7) is 1.49. The van der Waals surface area contributed by atoms with Crippen molar-refractivity contribution < 1.29 is 19.7 Å². The lowest BCUT2D eigenvalue weighted by molar-refractivity contribution is -0.173. The number of rotatable bonds is 1. The Morgan fingerprint density at radius 3 is 2.58 bits per heavy atom. The Kier molecular flexibility index (Phi) is 1.73. The zero-order valence-electron chi connectivity index (χ0n) is 6.80. The first-order chi connectivity index (χ1) is 5.62. The highest BCUT2D eigenvalue weighted by Crippen LogP contribution is 2.42. The van der Waals surface area contributed by atoms with Crippen molar-refractivity contribution >= 4 is 7.85 Å². The molecule has 5 heteroatoms. The van der Waals surface area contributed by atoms with Gasteiger partial charge in [-0.05, 0) is 6.92 Å². The van der Waals surface area contributed by atoms with E-state index in [0.29, 0.717) is 0 Å². The molecule has 0 aliphatic carbocycles. The van der Waals surface area contributed by atoms with Gasteiger partial charge in [0, 0.05) is 6.00 Å². The quantitative estimate of drug-likeness (QED) is 0.465. The maximum absolute atomic E-state index is 9.63. The summed E-state index contributed by atoms with van der Waals surface area (Å²) in [4.78, 5) is 0. The molecule has 2 radical (unpaired) electrons. The van der Waals surface area contributed by atoms with E-state index in [-0.39, 0.29) is 12.7 Å². The average molecular weight is 170 g/mol. The van der Waals surface area contributed by atoms with Gasteiger partial charge in [-0.15, -0.1) is 0 Å². The van der Waals surface area contributed by atoms with Crippen molar-refractivity contribution in [2.24, 2.45) is 0 Å². The molecule has 2 saturated heterocycles. The second-order valence-electron chi connectivity index (χ2n) is 3.38. The molecular weight excluding hydrogens is 159 g/mol. The highest BCUT2D eigenvalue weighted by atomic mass is 16.6. The van der Waals surface area contributed by atoms with Crippen LogP contribution < -0.4 is 0 Å². The molecule has 0 aromatic rings. The predicted molar refractivity (Wildman–Crippen MR) is 40.8 cm³/mol. The summed E-state index contributed by atoms with van der Waals surface area (Å²) >= 11 is 0. The van der Waals surface area contributed by atoms with Crippen molar-refractivity contribution in [3.05, 3.63) is 0 Å². The van der Waals surface area contributed by atoms with Crippen LogP contribution in [0.5, 0.6) is 0 Å². The average Bonchev–Trinajstić information content (AvgIpc) is 2.41. The molecule has 2 rings (SSSR count). The van der Waals surface area contributed by atoms with Crippen LogP contribution in [0.25, 0.3) is 0 Å². The van der Waals surface area contributed by atoms with E-state index >= 15 is 0 Å². The van der Waals surface area contributed by atoms with E-state index in [0.717, 1.165) is 0 Å². The monoisotopic (exact) mass is 170 g/mol. The lowest BCUT2D eigenvalue weighted by atomic mass is 9.91. The van der Waals surface area contributed by atoms with Crippen molar-refractivity contribution in [3.63, 3.8) is 0 Å². The zero-order valence-corrected chi connectivity index (χ0v) is 6.80. The molecule has 5 atom stereocenters. The van der Waals surface area contributed by atoms with Crippen molar-refractivity contribution in [3.8, 4) is 0 Å². The van der Waals surface area contributed by atoms with E-state index in [1.807, 2.05) is 0 Å². The molecule has 0 aromatic heterocycles. The molecular formula is C7H11BO4. The molecule has 66 valence electrons. The normalized spacial score (nSPS) is 57.9. The van der Waals surface area contributed by atoms with Crippen molar-refractivity contribution in [1.82, 2.24) is 0 Å². The molecule has 2 N–H and O–H groups in total. The van der Waals surface area contributed by atoms with E-state index in [9.17, 15) is 5.11 Å². The SMILES string of the molecule is [B][C@@H]1O[C@@]2(CO)C(C)OC1C2O. The molecule has 2 fully saturated rings. The Morgan fingerprint density at radius 2 is 2.25 bits per heavy atom. The van der Waals surface area contributed by atoms with Crippen LogP contribution in [0.15, 0.2) is 0 Å². The Morgan fingerprint density at radius 1 is 1.58 bits per heavy atom. The van der Waals surface area contributed by atoms with Crippen LogP contribution in [0.1, 0.15) is 6.92 Å². The molecule has 0 saturated carbocycles. The Bertz CT molecular complexity index is 200. The first kappa shape index (κ1) is 8.50. The lowest BCUT2D eigenvalue weighted by Gasteiger charge is -2.33. The fourth-order valence-corrected chi connectivity index (χ4v) is 1.95. The Balaban J connectivity index is 2.30. The van der Waals surface area contributed by atoms with Crippen LogP contribution in [0.4, 0.5) is 0 Å². The molecule has 2 aliphatic heterocycles. The molecule has 12 heavy (non-hydrogen) atoms. The second kappa shape index (κ2) is 2.45. The summed E-state index contributed by atoms with van der Waals surface area (Å²) in [6, 6.07) is -0.622. The van der Waals surface area contributed by atoms with E-state index < -0.39 is 23.8 Å². The molecule has 3 unspecified atom stereocenters. The Hall–Kier alpha value is -0.0951. The van der Waals surface area contributed by atoms with Crippen LogP contribution in [0.3, 0.4) is 0 Å². The standard InChI is InChI=1S/C7H11BO4/c1-3-7(2-9)5(10)4(11-3)6(8)12-7/h3-6,9-10H,2H2,1H3/t3?,4?,5?,6-,7+/m1/s1. The van der Waals surface area contributed by atoms with Gasteiger partial charge in [-0.2, -0.15) is 0 Å². The molecule has 0 spiro atoms. The predicted octanol–water partition coefficient (Wildman–Crippen LogP) is -1.61. The summed E-state index contributed by atoms with van der Waals surface area (Å²) in [7, 11) is 5.51. The Labute approximate surface area is 71.9 Å². The van der Waals surface area contributed by atoms with E-state index in [1.54, 1.807) is 6.92 Å². The lowest BCUT2D eigenvalue weighted by Crippen LogP contribution is -2.49. The van der Waals surface area contributed by atoms with Gasteiger partial charge in [0.25, 0.3) is 0 Å². The highest BCUT2D eigenvalue weighted by molar-refractivity contribution is 6.11. The van der Waals surface area contributed by atoms with Crippen LogP contribution >= 0.6 is 0 Å². The minimum absolute atomic E-state index is 0.264. The number of aliphatic hydroxyl groups excluding tert-OH is 2. The fraction of sp³-hybridized carbons (Fsp3) is 1.00. The topological polar surface area (TPSA) is 58.9 Å². The largest absolute Gasteiger partial charge is 0.393 e. The van der Waals surface area contributed by atoms with Crippen molar-refractivity contribution in [1.29, 1.82) is 0 Å². The van der Waals surface area contributed by atoms with Gasteiger partial charge in [-0.3, -0.25) is 0 Å². The van der Waals surface area contributed by atoms with Gasteiger partial charge >= 0.3 is 0 Å². The van der Waals surface area contributed by atoms with Gasteiger partial charge < -0.3 is 19.7 Å². The molecule has 2 bridgehead atoms. The summed E-state index contributed by atoms with van der Waals surface area (Å²) in [5.41, 5.74) is -0.996. The molecule has 2 aliphatic rings. The van der Waals surface area contributed by atoms with E-state index in [2.05, 4.69) is 0 Å². The number of fused-ring (bicyclic) bond motifs is 2. The minimum atomic E-state index is -0.996. The van der Waals surface area contributed by atoms with Crippen LogP contribution in [-0.2, 0) is 9.47 Å². The van der Waals surface area contributed by atoms with Crippen LogP contribution in [0.2, 0.25) is 0 Å². The molecule has 4 nitrogen and oxygen atoms in total. The van der Waals surface area contributed by atoms with Crippen LogP contribution in [0, 0.1) is 0 Å². The van der Waals surface area contributed by atoms with Gasteiger partial charge in [0.15, 0.2) is 0 Å². The van der Waals surface area contributed by atoms with Gasteiger partial charge in [0.2, 0.25) is 0 Å². The zero-order chi connectivity index (χ0) is 8.93. The highest BCUT2D eigenvalue weighted by Gasteiger charge is 2.62. The smallest absolute Gasteiger partial charge is 0.145 e. The minimum Gasteiger partial charge on any atom is -0.393 e. The number of aliphatic hydroxyl groups is 2. The number of hydrogen-bond acceptors (Lipinski definition) is 4. The molecule has 2 heterocycles. The maximum Gasteiger partial charge on any atom is 0.145 e. The van der Waals surface area contributed by atoms with E-state index in [1.165, 1.54) is 0 Å². The van der Waals surface area contributed by atoms with Gasteiger partial charge in [-0.1, -0.05) is 0 Å². The third-order valence-corrected chi connectivity index (χ3v) is 2.79. The number of ether oxygens (including phenoxy) is 2. The number of hydrogen-bond donors (Lipinski definition) is 2. The summed E-state index contributed by atoms with van der Waals surface area (Å²) in [5, 5.41) is 18.7. The van der Waals surface area contributed by atoms with Crippen molar-refractivity contribution in [2.45, 2.75) is 36.8 Å². The fourth-order valence-electron chi connectivity index (χ4n) is 1.95.